The molecule has 5 rings (SSSR count). The maximum atomic E-state index is 13.6. The number of carbonyl (C=O) groups is 1. The second kappa shape index (κ2) is 9.74. The topological polar surface area (TPSA) is 82.8 Å². The zero-order valence-corrected chi connectivity index (χ0v) is 20.3. The molecule has 0 aromatic heterocycles. The number of hydrogen-bond acceptors (Lipinski definition) is 5. The molecule has 6 heteroatoms. The van der Waals surface area contributed by atoms with E-state index < -0.39 is 5.92 Å². The number of nitrogens with zero attached hydrogens (tertiary/aromatic N) is 1. The quantitative estimate of drug-likeness (QED) is 0.421. The standard InChI is InChI=1S/C30H28N2O4/c1-35-21-16-17-25(36-2)22(18-21)26-27-23(14-9-15-24(27)33)32(20-12-7-4-8-13-20)30(31)28(26)29(34)19-10-5-3-6-11-19/h3-8,10-13,16-18,26,31,34H,9,14-15H2,1-2H3/t26-/m1/s1. The van der Waals surface area contributed by atoms with Crippen LogP contribution in [-0.2, 0) is 4.79 Å². The van der Waals surface area contributed by atoms with E-state index in [1.165, 1.54) is 0 Å². The number of para-hydroxylation sites is 1. The van der Waals surface area contributed by atoms with Gasteiger partial charge in [-0.3, -0.25) is 15.1 Å². The maximum Gasteiger partial charge on any atom is 0.161 e. The number of aliphatic hydroxyl groups is 1. The summed E-state index contributed by atoms with van der Waals surface area (Å²) in [5, 5.41) is 21.1. The monoisotopic (exact) mass is 480 g/mol. The first-order valence-corrected chi connectivity index (χ1v) is 12.0. The van der Waals surface area contributed by atoms with Crippen molar-refractivity contribution in [3.05, 3.63) is 107 Å². The van der Waals surface area contributed by atoms with Crippen molar-refractivity contribution >= 4 is 23.1 Å². The van der Waals surface area contributed by atoms with Crippen LogP contribution in [0.1, 0.15) is 36.3 Å². The normalized spacial score (nSPS) is 19.2. The Balaban J connectivity index is 1.87. The van der Waals surface area contributed by atoms with Crippen molar-refractivity contribution in [2.75, 3.05) is 19.1 Å². The summed E-state index contributed by atoms with van der Waals surface area (Å²) in [6.45, 7) is 0. The number of anilines is 1. The molecule has 2 N–H and O–H groups in total. The van der Waals surface area contributed by atoms with Gasteiger partial charge in [-0.25, -0.2) is 0 Å². The van der Waals surface area contributed by atoms with E-state index in [9.17, 15) is 15.3 Å². The summed E-state index contributed by atoms with van der Waals surface area (Å²) >= 11 is 0. The Labute approximate surface area is 210 Å². The van der Waals surface area contributed by atoms with E-state index in [-0.39, 0.29) is 17.4 Å². The summed E-state index contributed by atoms with van der Waals surface area (Å²) in [5.74, 6) is 0.577. The van der Waals surface area contributed by atoms with Gasteiger partial charge < -0.3 is 14.6 Å². The van der Waals surface area contributed by atoms with Gasteiger partial charge in [-0.2, -0.15) is 0 Å². The maximum absolute atomic E-state index is 13.6. The average molecular weight is 481 g/mol. The first-order valence-electron chi connectivity index (χ1n) is 12.0. The van der Waals surface area contributed by atoms with Gasteiger partial charge in [0.15, 0.2) is 5.78 Å². The van der Waals surface area contributed by atoms with Crippen LogP contribution < -0.4 is 14.4 Å². The molecular weight excluding hydrogens is 452 g/mol. The van der Waals surface area contributed by atoms with E-state index in [0.717, 1.165) is 11.4 Å². The molecule has 0 amide bonds. The summed E-state index contributed by atoms with van der Waals surface area (Å²) < 4.78 is 11.2. The molecule has 0 radical (unpaired) electrons. The number of benzene rings is 3. The highest BCUT2D eigenvalue weighted by atomic mass is 16.5. The summed E-state index contributed by atoms with van der Waals surface area (Å²) in [4.78, 5) is 15.4. The van der Waals surface area contributed by atoms with Crippen LogP contribution in [0.15, 0.2) is 95.7 Å². The van der Waals surface area contributed by atoms with E-state index in [1.807, 2.05) is 59.5 Å². The van der Waals surface area contributed by atoms with Crippen LogP contribution in [-0.4, -0.2) is 30.9 Å². The highest BCUT2D eigenvalue weighted by Gasteiger charge is 2.44. The molecule has 1 aliphatic heterocycles. The van der Waals surface area contributed by atoms with Crippen LogP contribution in [0.5, 0.6) is 11.5 Å². The van der Waals surface area contributed by atoms with Gasteiger partial charge in [-0.15, -0.1) is 0 Å². The average Bonchev–Trinajstić information content (AvgIpc) is 2.92. The number of allylic oxidation sites excluding steroid dienone is 2. The highest BCUT2D eigenvalue weighted by molar-refractivity contribution is 6.19. The van der Waals surface area contributed by atoms with Gasteiger partial charge >= 0.3 is 0 Å². The van der Waals surface area contributed by atoms with Gasteiger partial charge in [0.2, 0.25) is 0 Å². The van der Waals surface area contributed by atoms with Crippen LogP contribution in [0.3, 0.4) is 0 Å². The van der Waals surface area contributed by atoms with Crippen molar-refractivity contribution in [1.82, 2.24) is 0 Å². The number of nitrogens with one attached hydrogen (secondary N) is 1. The number of carbonyl (C=O) groups excluding carboxylic acids is 1. The minimum Gasteiger partial charge on any atom is -0.507 e. The predicted octanol–water partition coefficient (Wildman–Crippen LogP) is 6.26. The largest absolute Gasteiger partial charge is 0.507 e. The second-order valence-electron chi connectivity index (χ2n) is 8.83. The predicted molar refractivity (Wildman–Crippen MR) is 141 cm³/mol. The lowest BCUT2D eigenvalue weighted by molar-refractivity contribution is -0.116. The third kappa shape index (κ3) is 3.94. The van der Waals surface area contributed by atoms with Gasteiger partial charge in [-0.1, -0.05) is 48.5 Å². The number of rotatable bonds is 5. The lowest BCUT2D eigenvalue weighted by atomic mass is 9.73. The molecule has 0 spiro atoms. The Kier molecular flexibility index (Phi) is 6.34. The number of aliphatic hydroxyl groups excluding tert-OH is 1. The molecular formula is C30H28N2O4. The molecule has 36 heavy (non-hydrogen) atoms. The Morgan fingerprint density at radius 1 is 0.944 bits per heavy atom. The van der Waals surface area contributed by atoms with Crippen molar-refractivity contribution in [3.63, 3.8) is 0 Å². The Morgan fingerprint density at radius 2 is 1.64 bits per heavy atom. The molecule has 0 saturated carbocycles. The van der Waals surface area contributed by atoms with Crippen molar-refractivity contribution in [2.45, 2.75) is 25.2 Å². The van der Waals surface area contributed by atoms with Crippen LogP contribution in [0.2, 0.25) is 0 Å². The summed E-state index contributed by atoms with van der Waals surface area (Å²) in [7, 11) is 3.16. The fourth-order valence-corrected chi connectivity index (χ4v) is 5.18. The Bertz CT molecular complexity index is 1380. The number of methoxy groups -OCH3 is 2. The lowest BCUT2D eigenvalue weighted by Gasteiger charge is -2.42. The van der Waals surface area contributed by atoms with Crippen LogP contribution in [0.25, 0.3) is 5.76 Å². The fraction of sp³-hybridized carbons (Fsp3) is 0.200. The van der Waals surface area contributed by atoms with Crippen molar-refractivity contribution in [3.8, 4) is 11.5 Å². The molecule has 1 heterocycles. The first kappa shape index (κ1) is 23.4. The number of hydrogen-bond donors (Lipinski definition) is 2. The molecule has 3 aromatic carbocycles. The smallest absolute Gasteiger partial charge is 0.161 e. The van der Waals surface area contributed by atoms with Crippen LogP contribution in [0, 0.1) is 5.41 Å². The molecule has 0 saturated heterocycles. The van der Waals surface area contributed by atoms with Crippen molar-refractivity contribution < 1.29 is 19.4 Å². The Morgan fingerprint density at radius 3 is 2.31 bits per heavy atom. The molecule has 182 valence electrons. The van der Waals surface area contributed by atoms with Crippen LogP contribution >= 0.6 is 0 Å². The molecule has 1 aliphatic carbocycles. The molecule has 6 nitrogen and oxygen atoms in total. The van der Waals surface area contributed by atoms with E-state index in [1.54, 1.807) is 38.5 Å². The van der Waals surface area contributed by atoms with Gasteiger partial charge in [0.1, 0.15) is 23.1 Å². The van der Waals surface area contributed by atoms with Crippen LogP contribution in [0.4, 0.5) is 5.69 Å². The fourth-order valence-electron chi connectivity index (χ4n) is 5.18. The number of Topliss-reactive ketones (excluding diaryl/α,β-unsaturated/α-hetero) is 1. The molecule has 2 aliphatic rings. The van der Waals surface area contributed by atoms with Crippen molar-refractivity contribution in [1.29, 1.82) is 5.41 Å². The molecule has 1 atom stereocenters. The van der Waals surface area contributed by atoms with E-state index in [2.05, 4.69) is 0 Å². The summed E-state index contributed by atoms with van der Waals surface area (Å²) in [6, 6.07) is 24.1. The van der Waals surface area contributed by atoms with Crippen molar-refractivity contribution in [2.24, 2.45) is 0 Å². The number of amidine groups is 1. The SMILES string of the molecule is COc1ccc(OC)c([C@H]2C(=C(O)c3ccccc3)C(=N)N(c3ccccc3)C3=C2C(=O)CCC3)c1. The van der Waals surface area contributed by atoms with Gasteiger partial charge in [0.05, 0.1) is 20.1 Å². The van der Waals surface area contributed by atoms with Gasteiger partial charge in [0.25, 0.3) is 0 Å². The van der Waals surface area contributed by atoms with Gasteiger partial charge in [-0.05, 0) is 43.2 Å². The number of ether oxygens (including phenoxy) is 2. The number of ketones is 1. The third-order valence-corrected chi connectivity index (χ3v) is 6.82. The minimum absolute atomic E-state index is 0.0120. The van der Waals surface area contributed by atoms with E-state index in [4.69, 9.17) is 9.47 Å². The van der Waals surface area contributed by atoms with E-state index >= 15 is 0 Å². The lowest BCUT2D eigenvalue weighted by Crippen LogP contribution is -2.42. The molecule has 3 aromatic rings. The molecule has 0 unspecified atom stereocenters. The highest BCUT2D eigenvalue weighted by Crippen LogP contribution is 2.50. The second-order valence-corrected chi connectivity index (χ2v) is 8.83. The molecule has 0 bridgehead atoms. The zero-order chi connectivity index (χ0) is 25.2. The summed E-state index contributed by atoms with van der Waals surface area (Å²) in [6.07, 6.45) is 1.78. The summed E-state index contributed by atoms with van der Waals surface area (Å²) in [5.41, 5.74) is 3.76. The minimum atomic E-state index is -0.689. The van der Waals surface area contributed by atoms with Gasteiger partial charge in [0, 0.05) is 40.1 Å². The molecule has 0 fully saturated rings. The Hall–Kier alpha value is -4.32. The third-order valence-electron chi connectivity index (χ3n) is 6.82. The zero-order valence-electron chi connectivity index (χ0n) is 20.3. The van der Waals surface area contributed by atoms with E-state index in [0.29, 0.717) is 53.0 Å². The first-order chi connectivity index (χ1) is 17.5.